The van der Waals surface area contributed by atoms with E-state index in [1.165, 1.54) is 5.56 Å². The van der Waals surface area contributed by atoms with Gasteiger partial charge in [0.25, 0.3) is 0 Å². The first-order valence-electron chi connectivity index (χ1n) is 9.96. The van der Waals surface area contributed by atoms with E-state index in [0.29, 0.717) is 11.7 Å². The molecule has 0 aliphatic rings. The van der Waals surface area contributed by atoms with Crippen LogP contribution >= 0.6 is 0 Å². The molecule has 29 heavy (non-hydrogen) atoms. The van der Waals surface area contributed by atoms with Gasteiger partial charge in [-0.15, -0.1) is 0 Å². The Balaban J connectivity index is 1.79. The maximum Gasteiger partial charge on any atom is 0.319 e. The average molecular weight is 392 g/mol. The van der Waals surface area contributed by atoms with Gasteiger partial charge in [0.2, 0.25) is 0 Å². The maximum absolute atomic E-state index is 12.8. The van der Waals surface area contributed by atoms with Crippen molar-refractivity contribution in [1.82, 2.24) is 20.5 Å². The van der Waals surface area contributed by atoms with E-state index >= 15 is 0 Å². The Hall–Kier alpha value is -3.15. The second kappa shape index (κ2) is 8.90. The summed E-state index contributed by atoms with van der Waals surface area (Å²) in [5, 5.41) is 13.2. The number of rotatable bonds is 6. The highest BCUT2D eigenvalue weighted by Gasteiger charge is 2.18. The molecule has 0 aliphatic heterocycles. The molecule has 0 radical (unpaired) electrons. The fraction of sp³-hybridized carbons (Fsp3) is 0.348. The number of urea groups is 1. The van der Waals surface area contributed by atoms with Crippen LogP contribution in [0, 0.1) is 26.7 Å². The lowest BCUT2D eigenvalue weighted by Gasteiger charge is -2.23. The minimum absolute atomic E-state index is 0.0460. The predicted octanol–water partition coefficient (Wildman–Crippen LogP) is 5.31. The average Bonchev–Trinajstić information content (AvgIpc) is 3.09. The van der Waals surface area contributed by atoms with Crippen LogP contribution in [-0.4, -0.2) is 21.2 Å². The third-order valence-corrected chi connectivity index (χ3v) is 4.92. The Bertz CT molecular complexity index is 992. The third kappa shape index (κ3) is 5.22. The molecule has 6 heteroatoms. The molecule has 1 atom stereocenters. The molecule has 0 saturated carbocycles. The quantitative estimate of drug-likeness (QED) is 0.533. The van der Waals surface area contributed by atoms with Crippen molar-refractivity contribution in [2.24, 2.45) is 5.92 Å². The largest absolute Gasteiger partial charge is 0.331 e. The van der Waals surface area contributed by atoms with Crippen LogP contribution in [0.25, 0.3) is 11.4 Å². The normalized spacial score (nSPS) is 12.1. The fourth-order valence-corrected chi connectivity index (χ4v) is 3.40. The van der Waals surface area contributed by atoms with Gasteiger partial charge < -0.3 is 10.6 Å². The zero-order valence-corrected chi connectivity index (χ0v) is 17.7. The first-order valence-corrected chi connectivity index (χ1v) is 9.96. The van der Waals surface area contributed by atoms with Crippen LogP contribution in [0.4, 0.5) is 10.5 Å². The Morgan fingerprint density at radius 2 is 1.83 bits per heavy atom. The van der Waals surface area contributed by atoms with Crippen LogP contribution in [0.15, 0.2) is 42.5 Å². The SMILES string of the molecule is Cc1nc(-c2ccc(C)c(NC(=O)NC(CC(C)C)c3ccccc3C)c2)n[nH]1. The standard InChI is InChI=1S/C23H29N5O/c1-14(2)12-21(19-9-7-6-8-15(19)3)26-23(29)25-20-13-18(11-10-16(20)4)22-24-17(5)27-28-22/h6-11,13-14,21H,12H2,1-5H3,(H,24,27,28)(H2,25,26,29). The van der Waals surface area contributed by atoms with Crippen LogP contribution in [0.3, 0.4) is 0 Å². The molecule has 0 aliphatic carbocycles. The number of aromatic amines is 1. The van der Waals surface area contributed by atoms with Gasteiger partial charge in [-0.3, -0.25) is 5.10 Å². The Morgan fingerprint density at radius 1 is 1.07 bits per heavy atom. The van der Waals surface area contributed by atoms with Gasteiger partial charge in [0, 0.05) is 11.3 Å². The van der Waals surface area contributed by atoms with E-state index < -0.39 is 0 Å². The van der Waals surface area contributed by atoms with E-state index in [4.69, 9.17) is 0 Å². The number of hydrogen-bond donors (Lipinski definition) is 3. The lowest BCUT2D eigenvalue weighted by Crippen LogP contribution is -2.33. The minimum atomic E-state index is -0.217. The Morgan fingerprint density at radius 3 is 2.48 bits per heavy atom. The number of benzene rings is 2. The molecule has 3 rings (SSSR count). The monoisotopic (exact) mass is 391 g/mol. The molecular formula is C23H29N5O. The highest BCUT2D eigenvalue weighted by molar-refractivity contribution is 5.91. The number of nitrogens with zero attached hydrogens (tertiary/aromatic N) is 2. The smallest absolute Gasteiger partial charge is 0.319 e. The minimum Gasteiger partial charge on any atom is -0.331 e. The van der Waals surface area contributed by atoms with E-state index in [1.54, 1.807) is 0 Å². The number of H-pyrrole nitrogens is 1. The van der Waals surface area contributed by atoms with Crippen molar-refractivity contribution >= 4 is 11.7 Å². The third-order valence-electron chi connectivity index (χ3n) is 4.92. The van der Waals surface area contributed by atoms with Gasteiger partial charge >= 0.3 is 6.03 Å². The van der Waals surface area contributed by atoms with Crippen LogP contribution in [0.5, 0.6) is 0 Å². The number of anilines is 1. The molecule has 3 aromatic rings. The van der Waals surface area contributed by atoms with Crippen molar-refractivity contribution in [2.75, 3.05) is 5.32 Å². The summed E-state index contributed by atoms with van der Waals surface area (Å²) in [5.41, 5.74) is 4.91. The van der Waals surface area contributed by atoms with E-state index in [9.17, 15) is 4.79 Å². The van der Waals surface area contributed by atoms with E-state index in [2.05, 4.69) is 58.7 Å². The zero-order chi connectivity index (χ0) is 21.0. The summed E-state index contributed by atoms with van der Waals surface area (Å²) in [6, 6.07) is 13.8. The van der Waals surface area contributed by atoms with Crippen LogP contribution in [0.2, 0.25) is 0 Å². The van der Waals surface area contributed by atoms with E-state index in [1.807, 2.05) is 44.2 Å². The van der Waals surface area contributed by atoms with Gasteiger partial charge in [0.05, 0.1) is 6.04 Å². The summed E-state index contributed by atoms with van der Waals surface area (Å²) in [6.45, 7) is 10.2. The summed E-state index contributed by atoms with van der Waals surface area (Å²) < 4.78 is 0. The molecule has 6 nitrogen and oxygen atoms in total. The first kappa shape index (κ1) is 20.6. The van der Waals surface area contributed by atoms with Gasteiger partial charge in [-0.25, -0.2) is 9.78 Å². The number of hydrogen-bond acceptors (Lipinski definition) is 3. The number of carbonyl (C=O) groups excluding carboxylic acids is 1. The maximum atomic E-state index is 12.8. The second-order valence-corrected chi connectivity index (χ2v) is 7.91. The van der Waals surface area contributed by atoms with Crippen molar-refractivity contribution in [2.45, 2.75) is 47.1 Å². The summed E-state index contributed by atoms with van der Waals surface area (Å²) >= 11 is 0. The molecule has 0 fully saturated rings. The molecule has 2 amide bonds. The number of nitrogens with one attached hydrogen (secondary N) is 3. The number of carbonyl (C=O) groups is 1. The van der Waals surface area contributed by atoms with Gasteiger partial charge in [-0.2, -0.15) is 5.10 Å². The molecule has 2 aromatic carbocycles. The van der Waals surface area contributed by atoms with Crippen molar-refractivity contribution in [3.63, 3.8) is 0 Å². The van der Waals surface area contributed by atoms with E-state index in [0.717, 1.165) is 34.6 Å². The van der Waals surface area contributed by atoms with Gasteiger partial charge in [-0.1, -0.05) is 50.2 Å². The van der Waals surface area contributed by atoms with Gasteiger partial charge in [0.1, 0.15) is 5.82 Å². The number of amides is 2. The summed E-state index contributed by atoms with van der Waals surface area (Å²) in [4.78, 5) is 17.2. The molecule has 152 valence electrons. The topological polar surface area (TPSA) is 82.7 Å². The van der Waals surface area contributed by atoms with E-state index in [-0.39, 0.29) is 12.1 Å². The molecule has 1 unspecified atom stereocenters. The van der Waals surface area contributed by atoms with Crippen molar-refractivity contribution < 1.29 is 4.79 Å². The Kier molecular flexibility index (Phi) is 6.32. The molecule has 1 heterocycles. The lowest BCUT2D eigenvalue weighted by atomic mass is 9.94. The lowest BCUT2D eigenvalue weighted by molar-refractivity contribution is 0.246. The predicted molar refractivity (Wildman–Crippen MR) is 117 cm³/mol. The summed E-state index contributed by atoms with van der Waals surface area (Å²) in [7, 11) is 0. The summed E-state index contributed by atoms with van der Waals surface area (Å²) in [6.07, 6.45) is 0.869. The fourth-order valence-electron chi connectivity index (χ4n) is 3.40. The van der Waals surface area contributed by atoms with Crippen molar-refractivity contribution in [1.29, 1.82) is 0 Å². The van der Waals surface area contributed by atoms with Gasteiger partial charge in [-0.05, 0) is 55.9 Å². The van der Waals surface area contributed by atoms with Crippen molar-refractivity contribution in [3.05, 3.63) is 65.0 Å². The molecular weight excluding hydrogens is 362 g/mol. The number of aryl methyl sites for hydroxylation is 3. The van der Waals surface area contributed by atoms with Crippen LogP contribution in [0.1, 0.15) is 48.8 Å². The molecule has 0 bridgehead atoms. The van der Waals surface area contributed by atoms with Crippen LogP contribution in [-0.2, 0) is 0 Å². The molecule has 0 spiro atoms. The number of aromatic nitrogens is 3. The summed E-state index contributed by atoms with van der Waals surface area (Å²) in [5.74, 6) is 1.82. The molecule has 3 N–H and O–H groups in total. The zero-order valence-electron chi connectivity index (χ0n) is 17.7. The Labute approximate surface area is 172 Å². The second-order valence-electron chi connectivity index (χ2n) is 7.91. The van der Waals surface area contributed by atoms with Gasteiger partial charge in [0.15, 0.2) is 5.82 Å². The molecule has 0 saturated heterocycles. The highest BCUT2D eigenvalue weighted by atomic mass is 16.2. The first-order chi connectivity index (χ1) is 13.8. The van der Waals surface area contributed by atoms with Crippen LogP contribution < -0.4 is 10.6 Å². The molecule has 1 aromatic heterocycles. The highest BCUT2D eigenvalue weighted by Crippen LogP contribution is 2.26. The van der Waals surface area contributed by atoms with Crippen molar-refractivity contribution in [3.8, 4) is 11.4 Å².